The van der Waals surface area contributed by atoms with Gasteiger partial charge >= 0.3 is 0 Å². The fraction of sp³-hybridized carbons (Fsp3) is 0.571. The quantitative estimate of drug-likeness (QED) is 0.871. The van der Waals surface area contributed by atoms with Crippen LogP contribution in [0.4, 0.5) is 4.39 Å². The van der Waals surface area contributed by atoms with E-state index in [0.717, 1.165) is 10.0 Å². The van der Waals surface area contributed by atoms with Crippen LogP contribution in [-0.2, 0) is 0 Å². The van der Waals surface area contributed by atoms with E-state index < -0.39 is 0 Å². The molecule has 0 aromatic heterocycles. The van der Waals surface area contributed by atoms with E-state index in [1.165, 1.54) is 32.1 Å². The van der Waals surface area contributed by atoms with Crippen LogP contribution < -0.4 is 5.32 Å². The van der Waals surface area contributed by atoms with Crippen LogP contribution in [0, 0.1) is 11.7 Å². The Morgan fingerprint density at radius 3 is 2.59 bits per heavy atom. The molecule has 1 aromatic carbocycles. The lowest BCUT2D eigenvalue weighted by atomic mass is 9.81. The Morgan fingerprint density at radius 2 is 2.00 bits per heavy atom. The highest BCUT2D eigenvalue weighted by Crippen LogP contribution is 2.35. The minimum atomic E-state index is -0.107. The van der Waals surface area contributed by atoms with Crippen LogP contribution in [0.15, 0.2) is 22.7 Å². The van der Waals surface area contributed by atoms with E-state index in [1.807, 2.05) is 19.2 Å². The third kappa shape index (κ3) is 3.08. The van der Waals surface area contributed by atoms with Crippen molar-refractivity contribution in [1.82, 2.24) is 5.32 Å². The van der Waals surface area contributed by atoms with Gasteiger partial charge in [0.1, 0.15) is 5.82 Å². The van der Waals surface area contributed by atoms with Crippen molar-refractivity contribution in [2.45, 2.75) is 38.1 Å². The summed E-state index contributed by atoms with van der Waals surface area (Å²) < 4.78 is 14.8. The van der Waals surface area contributed by atoms with E-state index in [2.05, 4.69) is 21.2 Å². The zero-order chi connectivity index (χ0) is 12.3. The smallest absolute Gasteiger partial charge is 0.129 e. The van der Waals surface area contributed by atoms with Crippen LogP contribution in [0.25, 0.3) is 0 Å². The van der Waals surface area contributed by atoms with Gasteiger partial charge in [0.15, 0.2) is 0 Å². The van der Waals surface area contributed by atoms with Gasteiger partial charge in [-0.05, 0) is 37.9 Å². The second kappa shape index (κ2) is 5.96. The Hall–Kier alpha value is -0.410. The number of halogens is 2. The fourth-order valence-electron chi connectivity index (χ4n) is 2.87. The Morgan fingerprint density at radius 1 is 1.29 bits per heavy atom. The van der Waals surface area contributed by atoms with Crippen LogP contribution >= 0.6 is 15.9 Å². The minimum Gasteiger partial charge on any atom is -0.313 e. The molecule has 1 saturated carbocycles. The first-order valence-corrected chi connectivity index (χ1v) is 7.14. The molecule has 17 heavy (non-hydrogen) atoms. The molecular weight excluding hydrogens is 281 g/mol. The molecule has 1 nitrogen and oxygen atoms in total. The van der Waals surface area contributed by atoms with Crippen LogP contribution in [-0.4, -0.2) is 7.05 Å². The van der Waals surface area contributed by atoms with E-state index in [9.17, 15) is 4.39 Å². The van der Waals surface area contributed by atoms with E-state index in [4.69, 9.17) is 0 Å². The number of hydrogen-bond donors (Lipinski definition) is 1. The molecule has 3 heteroatoms. The highest BCUT2D eigenvalue weighted by atomic mass is 79.9. The van der Waals surface area contributed by atoms with E-state index in [-0.39, 0.29) is 11.9 Å². The molecule has 1 N–H and O–H groups in total. The number of hydrogen-bond acceptors (Lipinski definition) is 1. The normalized spacial score (nSPS) is 19.2. The van der Waals surface area contributed by atoms with Gasteiger partial charge in [-0.2, -0.15) is 0 Å². The van der Waals surface area contributed by atoms with Gasteiger partial charge < -0.3 is 5.32 Å². The first kappa shape index (κ1) is 13.0. The Kier molecular flexibility index (Phi) is 4.57. The summed E-state index contributed by atoms with van der Waals surface area (Å²) in [7, 11) is 1.93. The molecule has 1 atom stereocenters. The van der Waals surface area contributed by atoms with Gasteiger partial charge in [0.05, 0.1) is 0 Å². The molecule has 1 unspecified atom stereocenters. The lowest BCUT2D eigenvalue weighted by molar-refractivity contribution is 0.277. The standard InChI is InChI=1S/C14H19BrFN/c1-17-14(10-5-3-2-4-6-10)12-8-7-11(15)9-13(12)16/h7-10,14,17H,2-6H2,1H3. The summed E-state index contributed by atoms with van der Waals surface area (Å²) in [6.45, 7) is 0. The van der Waals surface area contributed by atoms with Gasteiger partial charge in [-0.3, -0.25) is 0 Å². The van der Waals surface area contributed by atoms with E-state index in [1.54, 1.807) is 6.07 Å². The van der Waals surface area contributed by atoms with Crippen LogP contribution in [0.3, 0.4) is 0 Å². The maximum Gasteiger partial charge on any atom is 0.129 e. The minimum absolute atomic E-state index is 0.107. The van der Waals surface area contributed by atoms with Gasteiger partial charge in [-0.15, -0.1) is 0 Å². The van der Waals surface area contributed by atoms with E-state index in [0.29, 0.717) is 5.92 Å². The summed E-state index contributed by atoms with van der Waals surface area (Å²) in [6.07, 6.45) is 6.31. The largest absolute Gasteiger partial charge is 0.313 e. The zero-order valence-corrected chi connectivity index (χ0v) is 11.8. The summed E-state index contributed by atoms with van der Waals surface area (Å²) >= 11 is 3.30. The SMILES string of the molecule is CNC(c1ccc(Br)cc1F)C1CCCCC1. The first-order valence-electron chi connectivity index (χ1n) is 6.34. The molecule has 0 amide bonds. The van der Waals surface area contributed by atoms with Crippen molar-refractivity contribution in [2.75, 3.05) is 7.05 Å². The second-order valence-corrected chi connectivity index (χ2v) is 5.75. The highest BCUT2D eigenvalue weighted by molar-refractivity contribution is 9.10. The number of rotatable bonds is 3. The van der Waals surface area contributed by atoms with Crippen molar-refractivity contribution in [3.8, 4) is 0 Å². The lowest BCUT2D eigenvalue weighted by Gasteiger charge is -2.30. The molecular formula is C14H19BrFN. The van der Waals surface area contributed by atoms with Gasteiger partial charge in [0, 0.05) is 16.1 Å². The lowest BCUT2D eigenvalue weighted by Crippen LogP contribution is -2.27. The summed E-state index contributed by atoms with van der Waals surface area (Å²) in [5, 5.41) is 3.29. The van der Waals surface area contributed by atoms with Gasteiger partial charge in [0.25, 0.3) is 0 Å². The van der Waals surface area contributed by atoms with Crippen LogP contribution in [0.5, 0.6) is 0 Å². The van der Waals surface area contributed by atoms with Crippen LogP contribution in [0.1, 0.15) is 43.7 Å². The average Bonchev–Trinajstić information content (AvgIpc) is 2.34. The predicted molar refractivity (Wildman–Crippen MR) is 72.5 cm³/mol. The average molecular weight is 300 g/mol. The molecule has 0 radical (unpaired) electrons. The molecule has 0 saturated heterocycles. The molecule has 94 valence electrons. The van der Waals surface area contributed by atoms with Gasteiger partial charge in [0.2, 0.25) is 0 Å². The summed E-state index contributed by atoms with van der Waals surface area (Å²) in [4.78, 5) is 0. The van der Waals surface area contributed by atoms with Crippen molar-refractivity contribution in [3.05, 3.63) is 34.1 Å². The molecule has 1 fully saturated rings. The fourth-order valence-corrected chi connectivity index (χ4v) is 3.20. The molecule has 0 bridgehead atoms. The van der Waals surface area contributed by atoms with Crippen molar-refractivity contribution >= 4 is 15.9 Å². The number of benzene rings is 1. The maximum absolute atomic E-state index is 14.0. The Labute approximate surface area is 111 Å². The Bertz CT molecular complexity index is 374. The van der Waals surface area contributed by atoms with Crippen molar-refractivity contribution in [2.24, 2.45) is 5.92 Å². The first-order chi connectivity index (χ1) is 8.22. The molecule has 1 aliphatic rings. The third-order valence-corrected chi connectivity index (χ3v) is 4.22. The second-order valence-electron chi connectivity index (χ2n) is 4.83. The molecule has 0 heterocycles. The molecule has 1 aliphatic carbocycles. The molecule has 0 aliphatic heterocycles. The van der Waals surface area contributed by atoms with Crippen molar-refractivity contribution in [3.63, 3.8) is 0 Å². The summed E-state index contributed by atoms with van der Waals surface area (Å²) in [5.41, 5.74) is 0.808. The molecule has 2 rings (SSSR count). The monoisotopic (exact) mass is 299 g/mol. The molecule has 1 aromatic rings. The van der Waals surface area contributed by atoms with Gasteiger partial charge in [-0.25, -0.2) is 4.39 Å². The topological polar surface area (TPSA) is 12.0 Å². The summed E-state index contributed by atoms with van der Waals surface area (Å²) in [6, 6.07) is 5.53. The van der Waals surface area contributed by atoms with Crippen molar-refractivity contribution < 1.29 is 4.39 Å². The number of nitrogens with one attached hydrogen (secondary N) is 1. The molecule has 0 spiro atoms. The maximum atomic E-state index is 14.0. The van der Waals surface area contributed by atoms with Crippen molar-refractivity contribution in [1.29, 1.82) is 0 Å². The highest BCUT2D eigenvalue weighted by Gasteiger charge is 2.25. The van der Waals surface area contributed by atoms with Crippen LogP contribution in [0.2, 0.25) is 0 Å². The zero-order valence-electron chi connectivity index (χ0n) is 10.2. The predicted octanol–water partition coefficient (Wildman–Crippen LogP) is 4.43. The Balaban J connectivity index is 2.21. The van der Waals surface area contributed by atoms with E-state index >= 15 is 0 Å². The third-order valence-electron chi connectivity index (χ3n) is 3.73. The summed E-state index contributed by atoms with van der Waals surface area (Å²) in [5.74, 6) is 0.466. The van der Waals surface area contributed by atoms with Gasteiger partial charge in [-0.1, -0.05) is 41.3 Å².